The first-order valence-corrected chi connectivity index (χ1v) is 4.21. The average molecular weight is 163 g/mol. The molecule has 64 valence electrons. The fourth-order valence-corrected chi connectivity index (χ4v) is 1.85. The number of rotatable bonds is 0. The third-order valence-electron chi connectivity index (χ3n) is 2.29. The normalized spacial score (nSPS) is 20.4. The van der Waals surface area contributed by atoms with Crippen molar-refractivity contribution in [2.24, 2.45) is 0 Å². The Balaban J connectivity index is 2.52. The van der Waals surface area contributed by atoms with Gasteiger partial charge in [-0.25, -0.2) is 0 Å². The maximum absolute atomic E-state index is 9.35. The van der Waals surface area contributed by atoms with Gasteiger partial charge in [0.15, 0.2) is 0 Å². The highest BCUT2D eigenvalue weighted by atomic mass is 16.3. The van der Waals surface area contributed by atoms with Crippen LogP contribution in [0.1, 0.15) is 16.7 Å². The van der Waals surface area contributed by atoms with Gasteiger partial charge in [-0.3, -0.25) is 0 Å². The third kappa shape index (κ3) is 1.08. The molecule has 1 aliphatic rings. The molecule has 0 aromatic heterocycles. The van der Waals surface area contributed by atoms with Crippen LogP contribution in [0.2, 0.25) is 0 Å². The molecule has 1 aliphatic heterocycles. The lowest BCUT2D eigenvalue weighted by atomic mass is 10.0. The second-order valence-electron chi connectivity index (χ2n) is 3.48. The lowest BCUT2D eigenvalue weighted by Gasteiger charge is -2.06. The van der Waals surface area contributed by atoms with Crippen LogP contribution in [0, 0.1) is 13.8 Å². The van der Waals surface area contributed by atoms with Gasteiger partial charge < -0.3 is 10.4 Å². The summed E-state index contributed by atoms with van der Waals surface area (Å²) in [5.41, 5.74) is 4.84. The predicted molar refractivity (Wildman–Crippen MR) is 49.2 cm³/mol. The van der Waals surface area contributed by atoms with Crippen molar-refractivity contribution in [2.75, 3.05) is 5.32 Å². The van der Waals surface area contributed by atoms with Crippen molar-refractivity contribution in [3.8, 4) is 0 Å². The molecule has 1 atom stereocenters. The molecule has 0 bridgehead atoms. The summed E-state index contributed by atoms with van der Waals surface area (Å²) in [6.45, 7) is 4.15. The fourth-order valence-electron chi connectivity index (χ4n) is 1.85. The number of hydrogen-bond donors (Lipinski definition) is 2. The molecule has 1 unspecified atom stereocenters. The van der Waals surface area contributed by atoms with Crippen LogP contribution in [0.3, 0.4) is 0 Å². The Kier molecular flexibility index (Phi) is 1.58. The summed E-state index contributed by atoms with van der Waals surface area (Å²) in [6, 6.07) is 4.26. The molecule has 0 fully saturated rings. The van der Waals surface area contributed by atoms with Crippen LogP contribution < -0.4 is 5.32 Å². The average Bonchev–Trinajstić information content (AvgIpc) is 2.29. The zero-order valence-corrected chi connectivity index (χ0v) is 7.39. The zero-order valence-electron chi connectivity index (χ0n) is 7.39. The highest BCUT2D eigenvalue weighted by Crippen LogP contribution is 2.29. The van der Waals surface area contributed by atoms with Crippen molar-refractivity contribution < 1.29 is 5.11 Å². The predicted octanol–water partition coefficient (Wildman–Crippen LogP) is 1.59. The van der Waals surface area contributed by atoms with E-state index in [4.69, 9.17) is 0 Å². The summed E-state index contributed by atoms with van der Waals surface area (Å²) in [4.78, 5) is 0. The van der Waals surface area contributed by atoms with Crippen molar-refractivity contribution in [1.82, 2.24) is 0 Å². The van der Waals surface area contributed by atoms with Crippen molar-refractivity contribution in [3.63, 3.8) is 0 Å². The maximum Gasteiger partial charge on any atom is 0.128 e. The fraction of sp³-hybridized carbons (Fsp3) is 0.400. The largest absolute Gasteiger partial charge is 0.373 e. The lowest BCUT2D eigenvalue weighted by molar-refractivity contribution is 0.212. The summed E-state index contributed by atoms with van der Waals surface area (Å²) < 4.78 is 0. The molecule has 1 aromatic carbocycles. The van der Waals surface area contributed by atoms with Gasteiger partial charge in [0.25, 0.3) is 0 Å². The van der Waals surface area contributed by atoms with Crippen molar-refractivity contribution >= 4 is 5.69 Å². The van der Waals surface area contributed by atoms with Crippen molar-refractivity contribution in [3.05, 3.63) is 28.8 Å². The van der Waals surface area contributed by atoms with Gasteiger partial charge in [0.2, 0.25) is 0 Å². The standard InChI is InChI=1S/C10H13NO/c1-6-3-7(2)10-8(4-6)5-9(12)11-10/h3-4,9,11-12H,5H2,1-2H3. The summed E-state index contributed by atoms with van der Waals surface area (Å²) in [7, 11) is 0. The van der Waals surface area contributed by atoms with Crippen LogP contribution >= 0.6 is 0 Å². The number of benzene rings is 1. The highest BCUT2D eigenvalue weighted by Gasteiger charge is 2.19. The molecule has 1 aromatic rings. The number of fused-ring (bicyclic) bond motifs is 1. The molecule has 0 aliphatic carbocycles. The Hall–Kier alpha value is -1.02. The Labute approximate surface area is 72.2 Å². The Morgan fingerprint density at radius 2 is 2.17 bits per heavy atom. The van der Waals surface area contributed by atoms with E-state index >= 15 is 0 Å². The van der Waals surface area contributed by atoms with Gasteiger partial charge in [-0.15, -0.1) is 0 Å². The van der Waals surface area contributed by atoms with Crippen molar-refractivity contribution in [1.29, 1.82) is 0 Å². The van der Waals surface area contributed by atoms with Gasteiger partial charge in [0.1, 0.15) is 6.23 Å². The van der Waals surface area contributed by atoms with Gasteiger partial charge in [-0.1, -0.05) is 17.7 Å². The van der Waals surface area contributed by atoms with E-state index in [0.717, 1.165) is 12.1 Å². The number of aliphatic hydroxyl groups excluding tert-OH is 1. The number of aryl methyl sites for hydroxylation is 2. The van der Waals surface area contributed by atoms with Crippen LogP contribution in [0.4, 0.5) is 5.69 Å². The SMILES string of the molecule is Cc1cc(C)c2c(c1)CC(O)N2. The van der Waals surface area contributed by atoms with Gasteiger partial charge in [0, 0.05) is 12.1 Å². The molecule has 12 heavy (non-hydrogen) atoms. The first-order chi connectivity index (χ1) is 5.66. The number of anilines is 1. The van der Waals surface area contributed by atoms with E-state index in [1.165, 1.54) is 16.7 Å². The summed E-state index contributed by atoms with van der Waals surface area (Å²) in [5, 5.41) is 12.4. The van der Waals surface area contributed by atoms with Gasteiger partial charge >= 0.3 is 0 Å². The van der Waals surface area contributed by atoms with Crippen LogP contribution in [-0.4, -0.2) is 11.3 Å². The van der Waals surface area contributed by atoms with Crippen LogP contribution in [0.15, 0.2) is 12.1 Å². The smallest absolute Gasteiger partial charge is 0.128 e. The minimum Gasteiger partial charge on any atom is -0.373 e. The molecule has 0 amide bonds. The molecule has 2 N–H and O–H groups in total. The zero-order chi connectivity index (χ0) is 8.72. The van der Waals surface area contributed by atoms with E-state index in [0.29, 0.717) is 0 Å². The third-order valence-corrected chi connectivity index (χ3v) is 2.29. The second kappa shape index (κ2) is 2.49. The Morgan fingerprint density at radius 3 is 2.92 bits per heavy atom. The van der Waals surface area contributed by atoms with E-state index in [2.05, 4.69) is 31.3 Å². The number of aliphatic hydroxyl groups is 1. The van der Waals surface area contributed by atoms with Crippen LogP contribution in [0.5, 0.6) is 0 Å². The summed E-state index contributed by atoms with van der Waals surface area (Å²) >= 11 is 0. The van der Waals surface area contributed by atoms with Gasteiger partial charge in [-0.2, -0.15) is 0 Å². The monoisotopic (exact) mass is 163 g/mol. The Morgan fingerprint density at radius 1 is 1.42 bits per heavy atom. The van der Waals surface area contributed by atoms with E-state index < -0.39 is 0 Å². The molecule has 0 radical (unpaired) electrons. The van der Waals surface area contributed by atoms with E-state index in [1.807, 2.05) is 0 Å². The molecular formula is C10H13NO. The molecule has 2 nitrogen and oxygen atoms in total. The molecule has 1 heterocycles. The maximum atomic E-state index is 9.35. The molecule has 2 heteroatoms. The summed E-state index contributed by atoms with van der Waals surface area (Å²) in [5.74, 6) is 0. The van der Waals surface area contributed by atoms with Crippen LogP contribution in [-0.2, 0) is 6.42 Å². The van der Waals surface area contributed by atoms with E-state index in [1.54, 1.807) is 0 Å². The quantitative estimate of drug-likeness (QED) is 0.608. The molecule has 0 saturated carbocycles. The minimum absolute atomic E-state index is 0.388. The molecule has 0 saturated heterocycles. The molecule has 2 rings (SSSR count). The Bertz CT molecular complexity index is 320. The topological polar surface area (TPSA) is 32.3 Å². The lowest BCUT2D eigenvalue weighted by Crippen LogP contribution is -2.13. The highest BCUT2D eigenvalue weighted by molar-refractivity contribution is 5.62. The first kappa shape index (κ1) is 7.62. The van der Waals surface area contributed by atoms with Crippen molar-refractivity contribution in [2.45, 2.75) is 26.5 Å². The van der Waals surface area contributed by atoms with E-state index in [-0.39, 0.29) is 6.23 Å². The number of nitrogens with one attached hydrogen (secondary N) is 1. The summed E-state index contributed by atoms with van der Waals surface area (Å²) in [6.07, 6.45) is 0.346. The molecule has 0 spiro atoms. The first-order valence-electron chi connectivity index (χ1n) is 4.21. The van der Waals surface area contributed by atoms with Gasteiger partial charge in [-0.05, 0) is 25.0 Å². The van der Waals surface area contributed by atoms with Crippen LogP contribution in [0.25, 0.3) is 0 Å². The van der Waals surface area contributed by atoms with Gasteiger partial charge in [0.05, 0.1) is 0 Å². The molecular weight excluding hydrogens is 150 g/mol. The minimum atomic E-state index is -0.388. The second-order valence-corrected chi connectivity index (χ2v) is 3.48. The van der Waals surface area contributed by atoms with E-state index in [9.17, 15) is 5.11 Å². The number of hydrogen-bond acceptors (Lipinski definition) is 2.